The van der Waals surface area contributed by atoms with Crippen LogP contribution in [-0.2, 0) is 16.0 Å². The molecule has 2 fully saturated rings. The number of carbonyl (C=O) groups is 2. The number of rotatable bonds is 3. The van der Waals surface area contributed by atoms with Gasteiger partial charge in [0.15, 0.2) is 0 Å². The van der Waals surface area contributed by atoms with Crippen LogP contribution >= 0.6 is 23.1 Å². The maximum absolute atomic E-state index is 12.4. The average Bonchev–Trinajstić information content (AvgIpc) is 3.07. The van der Waals surface area contributed by atoms with Crippen molar-refractivity contribution in [1.82, 2.24) is 15.1 Å². The highest BCUT2D eigenvalue weighted by molar-refractivity contribution is 8.01. The number of amides is 2. The van der Waals surface area contributed by atoms with Gasteiger partial charge in [0.25, 0.3) is 0 Å². The molecule has 2 amide bonds. The van der Waals surface area contributed by atoms with Gasteiger partial charge in [0, 0.05) is 12.2 Å². The zero-order chi connectivity index (χ0) is 14.3. The summed E-state index contributed by atoms with van der Waals surface area (Å²) in [5, 5.41) is 12.1. The van der Waals surface area contributed by atoms with Gasteiger partial charge in [-0.05, 0) is 19.8 Å². The quantitative estimate of drug-likeness (QED) is 0.915. The van der Waals surface area contributed by atoms with E-state index in [0.717, 1.165) is 17.8 Å². The van der Waals surface area contributed by atoms with Gasteiger partial charge in [0.1, 0.15) is 11.0 Å². The molecule has 0 radical (unpaired) electrons. The van der Waals surface area contributed by atoms with Crippen molar-refractivity contribution in [2.24, 2.45) is 0 Å². The van der Waals surface area contributed by atoms with E-state index in [4.69, 9.17) is 0 Å². The monoisotopic (exact) mass is 312 g/mol. The van der Waals surface area contributed by atoms with E-state index >= 15 is 0 Å². The summed E-state index contributed by atoms with van der Waals surface area (Å²) in [4.78, 5) is 25.9. The van der Waals surface area contributed by atoms with Crippen LogP contribution in [0.25, 0.3) is 0 Å². The maximum Gasteiger partial charge on any atom is 0.249 e. The van der Waals surface area contributed by atoms with Crippen molar-refractivity contribution in [2.75, 3.05) is 11.1 Å². The molecule has 20 heavy (non-hydrogen) atoms. The van der Waals surface area contributed by atoms with E-state index in [2.05, 4.69) is 15.5 Å². The van der Waals surface area contributed by atoms with Crippen molar-refractivity contribution in [2.45, 2.75) is 44.0 Å². The van der Waals surface area contributed by atoms with Crippen molar-refractivity contribution in [3.05, 3.63) is 5.01 Å². The molecule has 1 N–H and O–H groups in total. The first-order chi connectivity index (χ1) is 9.53. The second-order valence-corrected chi connectivity index (χ2v) is 7.67. The topological polar surface area (TPSA) is 75.2 Å². The van der Waals surface area contributed by atoms with Crippen LogP contribution in [0, 0.1) is 0 Å². The average molecular weight is 312 g/mol. The summed E-state index contributed by atoms with van der Waals surface area (Å²) in [5.74, 6) is 0.562. The molecule has 3 rings (SSSR count). The van der Waals surface area contributed by atoms with Gasteiger partial charge in [-0.1, -0.05) is 18.3 Å². The van der Waals surface area contributed by atoms with Crippen LogP contribution in [0.5, 0.6) is 0 Å². The van der Waals surface area contributed by atoms with E-state index in [1.54, 1.807) is 16.7 Å². The minimum absolute atomic E-state index is 0.0733. The lowest BCUT2D eigenvalue weighted by Gasteiger charge is -2.29. The van der Waals surface area contributed by atoms with Crippen LogP contribution < -0.4 is 5.32 Å². The smallest absolute Gasteiger partial charge is 0.249 e. The minimum atomic E-state index is -0.394. The number of anilines is 1. The zero-order valence-corrected chi connectivity index (χ0v) is 13.0. The molecule has 1 aromatic heterocycles. The van der Waals surface area contributed by atoms with Crippen LogP contribution in [-0.4, -0.2) is 43.6 Å². The molecule has 0 saturated carbocycles. The van der Waals surface area contributed by atoms with E-state index in [-0.39, 0.29) is 16.7 Å². The van der Waals surface area contributed by atoms with Crippen molar-refractivity contribution in [3.63, 3.8) is 0 Å². The van der Waals surface area contributed by atoms with E-state index < -0.39 is 6.04 Å². The van der Waals surface area contributed by atoms with Crippen LogP contribution in [0.2, 0.25) is 0 Å². The third-order valence-electron chi connectivity index (χ3n) is 3.75. The molecular formula is C12H16N4O2S2. The number of fused-ring (bicyclic) bond motifs is 1. The Bertz CT molecular complexity index is 561. The summed E-state index contributed by atoms with van der Waals surface area (Å²) < 4.78 is 0. The fraction of sp³-hybridized carbons (Fsp3) is 0.667. The summed E-state index contributed by atoms with van der Waals surface area (Å²) in [6.45, 7) is 4.03. The molecule has 0 bridgehead atoms. The SMILES string of the molecule is CCc1nnc(NC(=O)[C@H]2CS[C@@]3(C)CCC(=O)N23)s1. The van der Waals surface area contributed by atoms with E-state index in [9.17, 15) is 9.59 Å². The summed E-state index contributed by atoms with van der Waals surface area (Å²) in [5.41, 5.74) is 0. The normalized spacial score (nSPS) is 28.8. The Morgan fingerprint density at radius 1 is 1.55 bits per heavy atom. The highest BCUT2D eigenvalue weighted by atomic mass is 32.2. The Morgan fingerprint density at radius 3 is 3.05 bits per heavy atom. The van der Waals surface area contributed by atoms with Crippen molar-refractivity contribution < 1.29 is 9.59 Å². The fourth-order valence-corrected chi connectivity index (χ4v) is 4.76. The van der Waals surface area contributed by atoms with Crippen molar-refractivity contribution >= 4 is 40.0 Å². The van der Waals surface area contributed by atoms with Crippen molar-refractivity contribution in [1.29, 1.82) is 0 Å². The molecule has 1 aromatic rings. The number of carbonyl (C=O) groups excluding carboxylic acids is 2. The standard InChI is InChI=1S/C12H16N4O2S2/c1-3-8-14-15-11(20-8)13-10(18)7-6-19-12(2)5-4-9(17)16(7)12/h7H,3-6H2,1-2H3,(H,13,15,18)/t7-,12+/m1/s1. The van der Waals surface area contributed by atoms with E-state index in [1.807, 2.05) is 13.8 Å². The molecule has 2 aliphatic rings. The molecule has 0 spiro atoms. The largest absolute Gasteiger partial charge is 0.315 e. The van der Waals surface area contributed by atoms with Crippen LogP contribution in [0.1, 0.15) is 31.7 Å². The van der Waals surface area contributed by atoms with Crippen LogP contribution in [0.4, 0.5) is 5.13 Å². The lowest BCUT2D eigenvalue weighted by molar-refractivity contribution is -0.135. The van der Waals surface area contributed by atoms with E-state index in [1.165, 1.54) is 11.3 Å². The predicted octanol–water partition coefficient (Wildman–Crippen LogP) is 1.49. The molecule has 0 aliphatic carbocycles. The Kier molecular flexibility index (Phi) is 3.45. The molecule has 2 saturated heterocycles. The number of hydrogen-bond donors (Lipinski definition) is 1. The lowest BCUT2D eigenvalue weighted by Crippen LogP contribution is -2.48. The number of nitrogens with zero attached hydrogens (tertiary/aromatic N) is 3. The highest BCUT2D eigenvalue weighted by Crippen LogP contribution is 2.47. The van der Waals surface area contributed by atoms with Gasteiger partial charge < -0.3 is 4.90 Å². The number of thioether (sulfide) groups is 1. The molecular weight excluding hydrogens is 296 g/mol. The first-order valence-electron chi connectivity index (χ1n) is 6.63. The minimum Gasteiger partial charge on any atom is -0.315 e. The molecule has 8 heteroatoms. The summed E-state index contributed by atoms with van der Waals surface area (Å²) in [7, 11) is 0. The van der Waals surface area contributed by atoms with Crippen LogP contribution in [0.15, 0.2) is 0 Å². The summed E-state index contributed by atoms with van der Waals surface area (Å²) in [6, 6.07) is -0.394. The fourth-order valence-electron chi connectivity index (χ4n) is 2.65. The second kappa shape index (κ2) is 5.00. The summed E-state index contributed by atoms with van der Waals surface area (Å²) in [6.07, 6.45) is 2.15. The van der Waals surface area contributed by atoms with Gasteiger partial charge in [-0.3, -0.25) is 14.9 Å². The van der Waals surface area contributed by atoms with Gasteiger partial charge in [0.05, 0.1) is 4.87 Å². The Labute approximate surface area is 125 Å². The molecule has 3 heterocycles. The molecule has 108 valence electrons. The maximum atomic E-state index is 12.4. The van der Waals surface area contributed by atoms with Gasteiger partial charge in [-0.15, -0.1) is 22.0 Å². The van der Waals surface area contributed by atoms with Crippen LogP contribution in [0.3, 0.4) is 0 Å². The Hall–Kier alpha value is -1.15. The Balaban J connectivity index is 1.73. The van der Waals surface area contributed by atoms with Crippen molar-refractivity contribution in [3.8, 4) is 0 Å². The predicted molar refractivity (Wildman–Crippen MR) is 78.6 cm³/mol. The van der Waals surface area contributed by atoms with Gasteiger partial charge in [-0.2, -0.15) is 0 Å². The third kappa shape index (κ3) is 2.20. The second-order valence-electron chi connectivity index (χ2n) is 5.11. The van der Waals surface area contributed by atoms with Gasteiger partial charge in [0.2, 0.25) is 16.9 Å². The molecule has 6 nitrogen and oxygen atoms in total. The zero-order valence-electron chi connectivity index (χ0n) is 11.4. The summed E-state index contributed by atoms with van der Waals surface area (Å²) >= 11 is 3.07. The highest BCUT2D eigenvalue weighted by Gasteiger charge is 2.52. The third-order valence-corrected chi connectivity index (χ3v) is 6.24. The first kappa shape index (κ1) is 13.8. The van der Waals surface area contributed by atoms with Gasteiger partial charge in [-0.25, -0.2) is 0 Å². The molecule has 2 atom stereocenters. The number of aryl methyl sites for hydroxylation is 1. The number of nitrogens with one attached hydrogen (secondary N) is 1. The molecule has 0 aromatic carbocycles. The Morgan fingerprint density at radius 2 is 2.35 bits per heavy atom. The lowest BCUT2D eigenvalue weighted by atomic mass is 10.2. The number of aromatic nitrogens is 2. The first-order valence-corrected chi connectivity index (χ1v) is 8.43. The molecule has 2 aliphatic heterocycles. The van der Waals surface area contributed by atoms with Gasteiger partial charge >= 0.3 is 0 Å². The van der Waals surface area contributed by atoms with E-state index in [0.29, 0.717) is 17.3 Å². The molecule has 0 unspecified atom stereocenters. The number of hydrogen-bond acceptors (Lipinski definition) is 6.